The molecule has 19 heavy (non-hydrogen) atoms. The van der Waals surface area contributed by atoms with Gasteiger partial charge in [0.05, 0.1) is 15.6 Å². The van der Waals surface area contributed by atoms with Crippen LogP contribution in [0.15, 0.2) is 30.7 Å². The third-order valence-electron chi connectivity index (χ3n) is 2.44. The van der Waals surface area contributed by atoms with Gasteiger partial charge < -0.3 is 5.11 Å². The lowest BCUT2D eigenvalue weighted by Crippen LogP contribution is -2.14. The summed E-state index contributed by atoms with van der Waals surface area (Å²) in [6.07, 6.45) is 2.78. The highest BCUT2D eigenvalue weighted by molar-refractivity contribution is 7.96. The zero-order valence-corrected chi connectivity index (χ0v) is 12.0. The smallest absolute Gasteiger partial charge is 0.257 e. The van der Waals surface area contributed by atoms with Crippen LogP contribution >= 0.6 is 11.6 Å². The van der Waals surface area contributed by atoms with Crippen molar-refractivity contribution in [1.82, 2.24) is 0 Å². The predicted octanol–water partition coefficient (Wildman–Crippen LogP) is 3.61. The lowest BCUT2D eigenvalue weighted by molar-refractivity contribution is 0.474. The minimum atomic E-state index is -3.71. The zero-order valence-electron chi connectivity index (χ0n) is 10.4. The first-order valence-electron chi connectivity index (χ1n) is 5.23. The van der Waals surface area contributed by atoms with Crippen molar-refractivity contribution < 1.29 is 13.5 Å². The Morgan fingerprint density at radius 3 is 2.32 bits per heavy atom. The molecule has 0 saturated heterocycles. The summed E-state index contributed by atoms with van der Waals surface area (Å²) in [7, 11) is -3.71. The van der Waals surface area contributed by atoms with Crippen molar-refractivity contribution in [2.24, 2.45) is 0 Å². The van der Waals surface area contributed by atoms with Crippen molar-refractivity contribution in [3.63, 3.8) is 0 Å². The SMILES string of the molecule is C=Cc1c(NS(=O)(=O)C(=C)C)cc(Cl)c(O)c1C=C. The summed E-state index contributed by atoms with van der Waals surface area (Å²) in [5.41, 5.74) is 0.902. The van der Waals surface area contributed by atoms with Gasteiger partial charge in [0.1, 0.15) is 5.75 Å². The number of rotatable bonds is 5. The molecular weight excluding hydrogens is 286 g/mol. The number of anilines is 1. The Bertz CT molecular complexity index is 663. The fourth-order valence-electron chi connectivity index (χ4n) is 1.42. The molecule has 0 fully saturated rings. The second-order valence-corrected chi connectivity index (χ2v) is 6.11. The average Bonchev–Trinajstić information content (AvgIpc) is 2.32. The molecule has 0 saturated carbocycles. The normalized spacial score (nSPS) is 10.8. The molecule has 0 aliphatic heterocycles. The second-order valence-electron chi connectivity index (χ2n) is 3.80. The zero-order chi connectivity index (χ0) is 14.8. The number of phenols is 1. The molecule has 0 heterocycles. The quantitative estimate of drug-likeness (QED) is 0.816. The van der Waals surface area contributed by atoms with Crippen LogP contribution in [0.2, 0.25) is 5.02 Å². The largest absolute Gasteiger partial charge is 0.506 e. The number of nitrogens with one attached hydrogen (secondary N) is 1. The number of phenolic OH excluding ortho intramolecular Hbond substituents is 1. The summed E-state index contributed by atoms with van der Waals surface area (Å²) in [5, 5.41) is 9.81. The third kappa shape index (κ3) is 3.00. The van der Waals surface area contributed by atoms with Crippen LogP contribution in [-0.2, 0) is 10.0 Å². The van der Waals surface area contributed by atoms with Crippen LogP contribution in [0.1, 0.15) is 18.1 Å². The van der Waals surface area contributed by atoms with Gasteiger partial charge in [-0.25, -0.2) is 8.42 Å². The summed E-state index contributed by atoms with van der Waals surface area (Å²) in [6, 6.07) is 1.31. The number of benzene rings is 1. The van der Waals surface area contributed by atoms with Crippen molar-refractivity contribution >= 4 is 39.5 Å². The minimum Gasteiger partial charge on any atom is -0.506 e. The Kier molecular flexibility index (Phi) is 4.44. The van der Waals surface area contributed by atoms with E-state index in [1.54, 1.807) is 0 Å². The van der Waals surface area contributed by atoms with Crippen molar-refractivity contribution in [3.8, 4) is 5.75 Å². The predicted molar refractivity (Wildman–Crippen MR) is 80.7 cm³/mol. The Morgan fingerprint density at radius 2 is 1.89 bits per heavy atom. The van der Waals surface area contributed by atoms with E-state index in [9.17, 15) is 13.5 Å². The highest BCUT2D eigenvalue weighted by Crippen LogP contribution is 2.37. The second kappa shape index (κ2) is 5.50. The number of halogens is 1. The van der Waals surface area contributed by atoms with Gasteiger partial charge >= 0.3 is 0 Å². The molecular formula is C13H14ClNO3S. The summed E-state index contributed by atoms with van der Waals surface area (Å²) in [6.45, 7) is 11.9. The molecule has 0 spiro atoms. The lowest BCUT2D eigenvalue weighted by atomic mass is 10.0. The highest BCUT2D eigenvalue weighted by Gasteiger charge is 2.18. The maximum absolute atomic E-state index is 11.8. The van der Waals surface area contributed by atoms with Crippen molar-refractivity contribution in [2.45, 2.75) is 6.92 Å². The van der Waals surface area contributed by atoms with Crippen LogP contribution < -0.4 is 4.72 Å². The van der Waals surface area contributed by atoms with Gasteiger partial charge in [0, 0.05) is 11.1 Å². The number of hydrogen-bond acceptors (Lipinski definition) is 3. The van der Waals surface area contributed by atoms with Crippen LogP contribution in [0.25, 0.3) is 12.2 Å². The van der Waals surface area contributed by atoms with E-state index in [2.05, 4.69) is 24.5 Å². The molecule has 4 nitrogen and oxygen atoms in total. The molecule has 1 aromatic carbocycles. The van der Waals surface area contributed by atoms with E-state index in [-0.39, 0.29) is 21.4 Å². The molecule has 0 unspecified atom stereocenters. The Labute approximate surface area is 117 Å². The Hall–Kier alpha value is -1.72. The Balaban J connectivity index is 3.53. The standard InChI is InChI=1S/C13H14ClNO3S/c1-5-9-10(6-2)13(16)11(14)7-12(9)15-19(17,18)8(3)4/h5-7,15-16H,1-3H2,4H3. The minimum absolute atomic E-state index is 0.0138. The summed E-state index contributed by atoms with van der Waals surface area (Å²) < 4.78 is 25.9. The number of hydrogen-bond donors (Lipinski definition) is 2. The van der Waals surface area contributed by atoms with Crippen LogP contribution in [0.4, 0.5) is 5.69 Å². The molecule has 2 N–H and O–H groups in total. The van der Waals surface area contributed by atoms with Crippen LogP contribution in [0, 0.1) is 0 Å². The number of allylic oxidation sites excluding steroid dienone is 1. The number of sulfonamides is 1. The van der Waals surface area contributed by atoms with Crippen LogP contribution in [0.3, 0.4) is 0 Å². The van der Waals surface area contributed by atoms with E-state index in [0.29, 0.717) is 11.1 Å². The van der Waals surface area contributed by atoms with Gasteiger partial charge in [0.15, 0.2) is 0 Å². The molecule has 0 aliphatic carbocycles. The van der Waals surface area contributed by atoms with Gasteiger partial charge in [-0.3, -0.25) is 4.72 Å². The van der Waals surface area contributed by atoms with Gasteiger partial charge in [-0.2, -0.15) is 0 Å². The van der Waals surface area contributed by atoms with Crippen molar-refractivity contribution in [2.75, 3.05) is 4.72 Å². The van der Waals surface area contributed by atoms with E-state index in [1.165, 1.54) is 25.1 Å². The van der Waals surface area contributed by atoms with E-state index >= 15 is 0 Å². The lowest BCUT2D eigenvalue weighted by Gasteiger charge is -2.14. The first kappa shape index (κ1) is 15.3. The molecule has 0 aromatic heterocycles. The highest BCUT2D eigenvalue weighted by atomic mass is 35.5. The molecule has 0 amide bonds. The Morgan fingerprint density at radius 1 is 1.37 bits per heavy atom. The van der Waals surface area contributed by atoms with Gasteiger partial charge in [-0.1, -0.05) is 43.5 Å². The summed E-state index contributed by atoms with van der Waals surface area (Å²) >= 11 is 5.85. The van der Waals surface area contributed by atoms with Crippen molar-refractivity contribution in [1.29, 1.82) is 0 Å². The third-order valence-corrected chi connectivity index (χ3v) is 4.14. The first-order valence-corrected chi connectivity index (χ1v) is 7.09. The van der Waals surface area contributed by atoms with Gasteiger partial charge in [0.25, 0.3) is 10.0 Å². The van der Waals surface area contributed by atoms with Gasteiger partial charge in [-0.05, 0) is 13.0 Å². The molecule has 1 aromatic rings. The van der Waals surface area contributed by atoms with E-state index in [0.717, 1.165) is 0 Å². The maximum Gasteiger partial charge on any atom is 0.257 e. The molecule has 0 atom stereocenters. The van der Waals surface area contributed by atoms with E-state index < -0.39 is 10.0 Å². The molecule has 1 rings (SSSR count). The molecule has 0 radical (unpaired) electrons. The summed E-state index contributed by atoms with van der Waals surface area (Å²) in [5.74, 6) is -0.176. The van der Waals surface area contributed by atoms with Gasteiger partial charge in [0.2, 0.25) is 0 Å². The van der Waals surface area contributed by atoms with Crippen LogP contribution in [0.5, 0.6) is 5.75 Å². The molecule has 0 aliphatic rings. The molecule has 0 bridgehead atoms. The summed E-state index contributed by atoms with van der Waals surface area (Å²) in [4.78, 5) is -0.0353. The van der Waals surface area contributed by atoms with E-state index in [1.807, 2.05) is 0 Å². The van der Waals surface area contributed by atoms with Crippen LogP contribution in [-0.4, -0.2) is 13.5 Å². The maximum atomic E-state index is 11.8. The topological polar surface area (TPSA) is 66.4 Å². The van der Waals surface area contributed by atoms with E-state index in [4.69, 9.17) is 11.6 Å². The van der Waals surface area contributed by atoms with Crippen molar-refractivity contribution in [3.05, 3.63) is 46.9 Å². The average molecular weight is 300 g/mol. The van der Waals surface area contributed by atoms with Gasteiger partial charge in [-0.15, -0.1) is 0 Å². The molecule has 102 valence electrons. The first-order chi connectivity index (χ1) is 8.74. The fourth-order valence-corrected chi connectivity index (χ4v) is 2.26. The monoisotopic (exact) mass is 299 g/mol. The molecule has 6 heteroatoms. The fraction of sp³-hybridized carbons (Fsp3) is 0.0769. The number of aromatic hydroxyl groups is 1.